The number of aryl methyl sites for hydroxylation is 1. The highest BCUT2D eigenvalue weighted by molar-refractivity contribution is 5.80. The van der Waals surface area contributed by atoms with Gasteiger partial charge in [0.1, 0.15) is 12.4 Å². The van der Waals surface area contributed by atoms with Gasteiger partial charge in [0.15, 0.2) is 5.75 Å². The second-order valence-electron chi connectivity index (χ2n) is 5.00. The van der Waals surface area contributed by atoms with Crippen molar-refractivity contribution in [3.63, 3.8) is 0 Å². The number of hydrogen-bond donors (Lipinski definition) is 1. The Morgan fingerprint density at radius 1 is 1.22 bits per heavy atom. The monoisotopic (exact) mass is 311 g/mol. The fraction of sp³-hybridized carbons (Fsp3) is 0.125. The number of fused-ring (bicyclic) bond motifs is 1. The van der Waals surface area contributed by atoms with E-state index in [1.165, 1.54) is 12.1 Å². The minimum atomic E-state index is -0.518. The second kappa shape index (κ2) is 5.88. The van der Waals surface area contributed by atoms with Crippen LogP contribution in [0.15, 0.2) is 47.3 Å². The number of nitro benzene ring substituents is 1. The molecule has 0 amide bonds. The van der Waals surface area contributed by atoms with Crippen LogP contribution in [0.4, 0.5) is 5.69 Å². The van der Waals surface area contributed by atoms with Crippen LogP contribution in [-0.4, -0.2) is 14.9 Å². The molecule has 7 nitrogen and oxygen atoms in total. The molecule has 0 aliphatic rings. The summed E-state index contributed by atoms with van der Waals surface area (Å²) in [5, 5.41) is 11.5. The van der Waals surface area contributed by atoms with Gasteiger partial charge in [-0.2, -0.15) is 0 Å². The molecule has 23 heavy (non-hydrogen) atoms. The molecule has 0 aliphatic carbocycles. The smallest absolute Gasteiger partial charge is 0.310 e. The summed E-state index contributed by atoms with van der Waals surface area (Å²) in [7, 11) is 0. The Morgan fingerprint density at radius 3 is 2.78 bits per heavy atom. The molecule has 3 rings (SSSR count). The summed E-state index contributed by atoms with van der Waals surface area (Å²) in [6.07, 6.45) is 0. The molecule has 0 saturated heterocycles. The third-order valence-corrected chi connectivity index (χ3v) is 3.41. The van der Waals surface area contributed by atoms with Crippen LogP contribution in [0.3, 0.4) is 0 Å². The van der Waals surface area contributed by atoms with E-state index in [9.17, 15) is 14.9 Å². The molecule has 3 aromatic rings. The topological polar surface area (TPSA) is 98.1 Å². The van der Waals surface area contributed by atoms with Gasteiger partial charge in [0.05, 0.1) is 15.8 Å². The molecule has 2 aromatic carbocycles. The fourth-order valence-electron chi connectivity index (χ4n) is 2.30. The van der Waals surface area contributed by atoms with E-state index in [0.717, 1.165) is 5.56 Å². The SMILES string of the molecule is Cc1cccc2c(=O)[nH]c(COc3ccccc3[N+](=O)[O-])nc12. The molecule has 0 unspecified atom stereocenters. The van der Waals surface area contributed by atoms with Crippen molar-refractivity contribution in [3.05, 3.63) is 74.3 Å². The molecule has 1 N–H and O–H groups in total. The zero-order valence-corrected chi connectivity index (χ0v) is 12.3. The van der Waals surface area contributed by atoms with E-state index in [1.807, 2.05) is 13.0 Å². The van der Waals surface area contributed by atoms with Gasteiger partial charge in [-0.25, -0.2) is 4.98 Å². The third kappa shape index (κ3) is 2.89. The van der Waals surface area contributed by atoms with Crippen molar-refractivity contribution < 1.29 is 9.66 Å². The summed E-state index contributed by atoms with van der Waals surface area (Å²) in [6.45, 7) is 1.80. The Hall–Kier alpha value is -3.22. The third-order valence-electron chi connectivity index (χ3n) is 3.41. The predicted octanol–water partition coefficient (Wildman–Crippen LogP) is 2.72. The van der Waals surface area contributed by atoms with Gasteiger partial charge >= 0.3 is 5.69 Å². The number of aromatic amines is 1. The number of benzene rings is 2. The maximum atomic E-state index is 12.1. The van der Waals surface area contributed by atoms with Crippen LogP contribution in [0.5, 0.6) is 5.75 Å². The highest BCUT2D eigenvalue weighted by Crippen LogP contribution is 2.26. The minimum absolute atomic E-state index is 0.0651. The molecule has 0 fully saturated rings. The normalized spacial score (nSPS) is 10.7. The van der Waals surface area contributed by atoms with E-state index in [2.05, 4.69) is 9.97 Å². The number of nitro groups is 1. The number of ether oxygens (including phenoxy) is 1. The summed E-state index contributed by atoms with van der Waals surface area (Å²) in [5.41, 5.74) is 1.07. The summed E-state index contributed by atoms with van der Waals surface area (Å²) < 4.78 is 5.45. The van der Waals surface area contributed by atoms with Crippen molar-refractivity contribution in [2.24, 2.45) is 0 Å². The van der Waals surface area contributed by atoms with Crippen LogP contribution in [-0.2, 0) is 6.61 Å². The van der Waals surface area contributed by atoms with Gasteiger partial charge in [0, 0.05) is 6.07 Å². The predicted molar refractivity (Wildman–Crippen MR) is 84.5 cm³/mol. The van der Waals surface area contributed by atoms with E-state index in [0.29, 0.717) is 16.7 Å². The minimum Gasteiger partial charge on any atom is -0.479 e. The highest BCUT2D eigenvalue weighted by atomic mass is 16.6. The molecule has 0 atom stereocenters. The average molecular weight is 311 g/mol. The number of para-hydroxylation sites is 3. The van der Waals surface area contributed by atoms with Crippen LogP contribution >= 0.6 is 0 Å². The van der Waals surface area contributed by atoms with Crippen LogP contribution in [0.25, 0.3) is 10.9 Å². The van der Waals surface area contributed by atoms with Crippen molar-refractivity contribution >= 4 is 16.6 Å². The van der Waals surface area contributed by atoms with E-state index >= 15 is 0 Å². The fourth-order valence-corrected chi connectivity index (χ4v) is 2.30. The maximum Gasteiger partial charge on any atom is 0.310 e. The summed E-state index contributed by atoms with van der Waals surface area (Å²) in [6, 6.07) is 11.4. The van der Waals surface area contributed by atoms with Crippen molar-refractivity contribution in [3.8, 4) is 5.75 Å². The van der Waals surface area contributed by atoms with E-state index in [-0.39, 0.29) is 23.6 Å². The molecule has 1 heterocycles. The van der Waals surface area contributed by atoms with Crippen molar-refractivity contribution in [2.75, 3.05) is 0 Å². The molecule has 1 aromatic heterocycles. The molecule has 7 heteroatoms. The molecule has 0 bridgehead atoms. The van der Waals surface area contributed by atoms with Gasteiger partial charge in [-0.15, -0.1) is 0 Å². The van der Waals surface area contributed by atoms with Crippen molar-refractivity contribution in [1.29, 1.82) is 0 Å². The van der Waals surface area contributed by atoms with E-state index in [1.54, 1.807) is 24.3 Å². The van der Waals surface area contributed by atoms with Crippen LogP contribution in [0, 0.1) is 17.0 Å². The van der Waals surface area contributed by atoms with E-state index < -0.39 is 4.92 Å². The number of nitrogens with one attached hydrogen (secondary N) is 1. The van der Waals surface area contributed by atoms with Crippen molar-refractivity contribution in [1.82, 2.24) is 9.97 Å². The maximum absolute atomic E-state index is 12.1. The van der Waals surface area contributed by atoms with Crippen LogP contribution in [0.1, 0.15) is 11.4 Å². The Labute approximate surface area is 130 Å². The van der Waals surface area contributed by atoms with Crippen LogP contribution in [0.2, 0.25) is 0 Å². The second-order valence-corrected chi connectivity index (χ2v) is 5.00. The summed E-state index contributed by atoms with van der Waals surface area (Å²) in [4.78, 5) is 29.5. The lowest BCUT2D eigenvalue weighted by atomic mass is 10.1. The first-order valence-corrected chi connectivity index (χ1v) is 6.91. The molecular weight excluding hydrogens is 298 g/mol. The quantitative estimate of drug-likeness (QED) is 0.590. The number of nitrogens with zero attached hydrogens (tertiary/aromatic N) is 2. The average Bonchev–Trinajstić information content (AvgIpc) is 2.54. The lowest BCUT2D eigenvalue weighted by Crippen LogP contribution is -2.14. The molecular formula is C16H13N3O4. The number of hydrogen-bond acceptors (Lipinski definition) is 5. The first-order chi connectivity index (χ1) is 11.1. The Bertz CT molecular complexity index is 949. The standard InChI is InChI=1S/C16H13N3O4/c1-10-5-4-6-11-15(10)17-14(18-16(11)20)9-23-13-8-3-2-7-12(13)19(21)22/h2-8H,9H2,1H3,(H,17,18,20). The zero-order valence-electron chi connectivity index (χ0n) is 12.3. The summed E-state index contributed by atoms with van der Waals surface area (Å²) in [5.74, 6) is 0.444. The van der Waals surface area contributed by atoms with Gasteiger partial charge < -0.3 is 9.72 Å². The first-order valence-electron chi connectivity index (χ1n) is 6.91. The molecule has 0 saturated carbocycles. The molecule has 116 valence electrons. The van der Waals surface area contributed by atoms with Gasteiger partial charge in [-0.05, 0) is 24.6 Å². The molecule has 0 radical (unpaired) electrons. The molecule has 0 spiro atoms. The number of rotatable bonds is 4. The van der Waals surface area contributed by atoms with E-state index in [4.69, 9.17) is 4.74 Å². The van der Waals surface area contributed by atoms with Gasteiger partial charge in [-0.1, -0.05) is 24.3 Å². The Morgan fingerprint density at radius 2 is 2.00 bits per heavy atom. The number of aromatic nitrogens is 2. The first kappa shape index (κ1) is 14.7. The lowest BCUT2D eigenvalue weighted by Gasteiger charge is -2.07. The van der Waals surface area contributed by atoms with Crippen molar-refractivity contribution in [2.45, 2.75) is 13.5 Å². The zero-order chi connectivity index (χ0) is 16.4. The molecule has 0 aliphatic heterocycles. The largest absolute Gasteiger partial charge is 0.479 e. The van der Waals surface area contributed by atoms with Gasteiger partial charge in [-0.3, -0.25) is 14.9 Å². The Balaban J connectivity index is 1.93. The van der Waals surface area contributed by atoms with Gasteiger partial charge in [0.2, 0.25) is 0 Å². The summed E-state index contributed by atoms with van der Waals surface area (Å²) >= 11 is 0. The number of H-pyrrole nitrogens is 1. The Kier molecular flexibility index (Phi) is 3.76. The van der Waals surface area contributed by atoms with Gasteiger partial charge in [0.25, 0.3) is 5.56 Å². The lowest BCUT2D eigenvalue weighted by molar-refractivity contribution is -0.385. The highest BCUT2D eigenvalue weighted by Gasteiger charge is 2.14. The van der Waals surface area contributed by atoms with Crippen LogP contribution < -0.4 is 10.3 Å².